The Bertz CT molecular complexity index is 853. The maximum atomic E-state index is 12.1. The molecule has 1 aromatic carbocycles. The fourth-order valence-corrected chi connectivity index (χ4v) is 2.34. The number of rotatable bonds is 4. The van der Waals surface area contributed by atoms with Crippen LogP contribution in [0.3, 0.4) is 0 Å². The summed E-state index contributed by atoms with van der Waals surface area (Å²) < 4.78 is 0. The van der Waals surface area contributed by atoms with Gasteiger partial charge in [0, 0.05) is 17.5 Å². The van der Waals surface area contributed by atoms with E-state index in [0.29, 0.717) is 11.2 Å². The van der Waals surface area contributed by atoms with Crippen LogP contribution in [0.15, 0.2) is 46.9 Å². The number of hydrogen-bond acceptors (Lipinski definition) is 5. The standard InChI is InChI=1S/C15H13N3O4/c19-7-6-18-13(21)8-11(15(18)22)16-10-3-1-2-9-4-5-12(20)17-14(9)10/h1-5,8,16,19H,6-7H2,(H,17,20). The highest BCUT2D eigenvalue weighted by Crippen LogP contribution is 2.23. The van der Waals surface area contributed by atoms with Crippen molar-refractivity contribution in [2.24, 2.45) is 0 Å². The molecule has 1 aromatic heterocycles. The third-order valence-electron chi connectivity index (χ3n) is 3.36. The van der Waals surface area contributed by atoms with Crippen molar-refractivity contribution in [3.05, 3.63) is 52.5 Å². The number of aliphatic hydroxyl groups is 1. The Morgan fingerprint density at radius 3 is 2.73 bits per heavy atom. The molecule has 0 unspecified atom stereocenters. The second-order valence-electron chi connectivity index (χ2n) is 4.79. The number of fused-ring (bicyclic) bond motifs is 1. The van der Waals surface area contributed by atoms with Gasteiger partial charge in [-0.15, -0.1) is 0 Å². The molecule has 0 radical (unpaired) electrons. The van der Waals surface area contributed by atoms with Gasteiger partial charge >= 0.3 is 0 Å². The normalized spacial score (nSPS) is 14.6. The van der Waals surface area contributed by atoms with Crippen molar-refractivity contribution in [2.75, 3.05) is 18.5 Å². The van der Waals surface area contributed by atoms with Crippen molar-refractivity contribution < 1.29 is 14.7 Å². The van der Waals surface area contributed by atoms with E-state index in [4.69, 9.17) is 5.11 Å². The highest BCUT2D eigenvalue weighted by molar-refractivity contribution is 6.17. The average molecular weight is 299 g/mol. The number of benzene rings is 1. The van der Waals surface area contributed by atoms with Gasteiger partial charge in [-0.25, -0.2) is 0 Å². The number of carbonyl (C=O) groups excluding carboxylic acids is 2. The molecule has 7 nitrogen and oxygen atoms in total. The molecule has 0 bridgehead atoms. The first-order valence-electron chi connectivity index (χ1n) is 6.67. The van der Waals surface area contributed by atoms with Gasteiger partial charge in [0.25, 0.3) is 11.8 Å². The molecule has 3 N–H and O–H groups in total. The fraction of sp³-hybridized carbons (Fsp3) is 0.133. The number of nitrogens with zero attached hydrogens (tertiary/aromatic N) is 1. The second kappa shape index (κ2) is 5.45. The number of nitrogens with one attached hydrogen (secondary N) is 2. The number of carbonyl (C=O) groups is 2. The molecule has 3 rings (SSSR count). The lowest BCUT2D eigenvalue weighted by molar-refractivity contribution is -0.137. The van der Waals surface area contributed by atoms with Crippen molar-refractivity contribution in [2.45, 2.75) is 0 Å². The van der Waals surface area contributed by atoms with Crippen molar-refractivity contribution in [3.8, 4) is 0 Å². The average Bonchev–Trinajstić information content (AvgIpc) is 2.76. The molecule has 1 aliphatic heterocycles. The van der Waals surface area contributed by atoms with E-state index in [9.17, 15) is 14.4 Å². The molecule has 0 atom stereocenters. The second-order valence-corrected chi connectivity index (χ2v) is 4.79. The Kier molecular flexibility index (Phi) is 3.48. The summed E-state index contributed by atoms with van der Waals surface area (Å²) in [6.45, 7) is -0.341. The lowest BCUT2D eigenvalue weighted by Crippen LogP contribution is -2.34. The molecular weight excluding hydrogens is 286 g/mol. The molecule has 0 saturated carbocycles. The van der Waals surface area contributed by atoms with Crippen molar-refractivity contribution in [1.82, 2.24) is 9.88 Å². The third-order valence-corrected chi connectivity index (χ3v) is 3.36. The number of H-pyrrole nitrogens is 1. The van der Waals surface area contributed by atoms with Gasteiger partial charge in [-0.1, -0.05) is 12.1 Å². The third kappa shape index (κ3) is 2.38. The van der Waals surface area contributed by atoms with Crippen LogP contribution < -0.4 is 10.9 Å². The minimum Gasteiger partial charge on any atom is -0.395 e. The van der Waals surface area contributed by atoms with Crippen LogP contribution in [0.2, 0.25) is 0 Å². The smallest absolute Gasteiger partial charge is 0.277 e. The number of aromatic nitrogens is 1. The lowest BCUT2D eigenvalue weighted by Gasteiger charge is -2.14. The molecule has 1 aliphatic rings. The quantitative estimate of drug-likeness (QED) is 0.699. The minimum atomic E-state index is -0.505. The van der Waals surface area contributed by atoms with Crippen LogP contribution in [-0.4, -0.2) is 40.0 Å². The maximum absolute atomic E-state index is 12.1. The molecule has 0 saturated heterocycles. The van der Waals surface area contributed by atoms with Crippen molar-refractivity contribution in [3.63, 3.8) is 0 Å². The van der Waals surface area contributed by atoms with Crippen LogP contribution in [0.5, 0.6) is 0 Å². The first kappa shape index (κ1) is 14.0. The first-order chi connectivity index (χ1) is 10.6. The van der Waals surface area contributed by atoms with E-state index in [-0.39, 0.29) is 24.4 Å². The molecule has 2 aromatic rings. The summed E-state index contributed by atoms with van der Waals surface area (Å²) in [5.74, 6) is -0.982. The Morgan fingerprint density at radius 1 is 1.14 bits per heavy atom. The summed E-state index contributed by atoms with van der Waals surface area (Å²) >= 11 is 0. The van der Waals surface area contributed by atoms with Gasteiger partial charge < -0.3 is 15.4 Å². The summed E-state index contributed by atoms with van der Waals surface area (Å²) in [4.78, 5) is 38.9. The van der Waals surface area contributed by atoms with E-state index < -0.39 is 11.8 Å². The van der Waals surface area contributed by atoms with E-state index in [1.165, 1.54) is 12.1 Å². The topological polar surface area (TPSA) is 102 Å². The van der Waals surface area contributed by atoms with Gasteiger partial charge in [-0.05, 0) is 12.1 Å². The number of imide groups is 1. The SMILES string of the molecule is O=C1C=C(Nc2cccc3ccc(=O)[nH]c23)C(=O)N1CCO. The van der Waals surface area contributed by atoms with Crippen LogP contribution in [0.4, 0.5) is 5.69 Å². The summed E-state index contributed by atoms with van der Waals surface area (Å²) in [7, 11) is 0. The molecule has 0 spiro atoms. The van der Waals surface area contributed by atoms with E-state index in [2.05, 4.69) is 10.3 Å². The Morgan fingerprint density at radius 2 is 1.95 bits per heavy atom. The van der Waals surface area contributed by atoms with Crippen LogP contribution in [-0.2, 0) is 9.59 Å². The van der Waals surface area contributed by atoms with Gasteiger partial charge in [0.1, 0.15) is 5.70 Å². The van der Waals surface area contributed by atoms with Gasteiger partial charge in [0.05, 0.1) is 24.4 Å². The highest BCUT2D eigenvalue weighted by Gasteiger charge is 2.30. The molecule has 7 heteroatoms. The Labute approximate surface area is 124 Å². The Balaban J connectivity index is 1.96. The zero-order valence-electron chi connectivity index (χ0n) is 11.5. The molecule has 0 fully saturated rings. The highest BCUT2D eigenvalue weighted by atomic mass is 16.3. The molecule has 0 aliphatic carbocycles. The van der Waals surface area contributed by atoms with Crippen LogP contribution in [0, 0.1) is 0 Å². The maximum Gasteiger partial charge on any atom is 0.277 e. The number of pyridine rings is 1. The lowest BCUT2D eigenvalue weighted by atomic mass is 10.2. The number of para-hydroxylation sites is 1. The number of anilines is 1. The monoisotopic (exact) mass is 299 g/mol. The zero-order valence-corrected chi connectivity index (χ0v) is 11.5. The molecule has 2 amide bonds. The summed E-state index contributed by atoms with van der Waals surface area (Å²) in [6, 6.07) is 8.39. The summed E-state index contributed by atoms with van der Waals surface area (Å²) in [5.41, 5.74) is 0.923. The van der Waals surface area contributed by atoms with Gasteiger partial charge in [0.2, 0.25) is 5.56 Å². The van der Waals surface area contributed by atoms with Crippen LogP contribution >= 0.6 is 0 Å². The van der Waals surface area contributed by atoms with Crippen molar-refractivity contribution >= 4 is 28.4 Å². The first-order valence-corrected chi connectivity index (χ1v) is 6.67. The van der Waals surface area contributed by atoms with E-state index in [1.807, 2.05) is 6.07 Å². The number of hydrogen-bond donors (Lipinski definition) is 3. The number of aliphatic hydroxyl groups excluding tert-OH is 1. The van der Waals surface area contributed by atoms with Gasteiger partial charge in [-0.3, -0.25) is 19.3 Å². The number of aromatic amines is 1. The summed E-state index contributed by atoms with van der Waals surface area (Å²) in [6.07, 6.45) is 1.18. The van der Waals surface area contributed by atoms with E-state index in [0.717, 1.165) is 10.3 Å². The van der Waals surface area contributed by atoms with E-state index >= 15 is 0 Å². The Hall–Kier alpha value is -2.93. The molecular formula is C15H13N3O4. The van der Waals surface area contributed by atoms with E-state index in [1.54, 1.807) is 18.2 Å². The summed E-state index contributed by atoms with van der Waals surface area (Å²) in [5, 5.41) is 12.6. The fourth-order valence-electron chi connectivity index (χ4n) is 2.34. The molecule has 22 heavy (non-hydrogen) atoms. The van der Waals surface area contributed by atoms with Gasteiger partial charge in [-0.2, -0.15) is 0 Å². The minimum absolute atomic E-state index is 0.0499. The van der Waals surface area contributed by atoms with Gasteiger partial charge in [0.15, 0.2) is 0 Å². The van der Waals surface area contributed by atoms with Crippen molar-refractivity contribution in [1.29, 1.82) is 0 Å². The largest absolute Gasteiger partial charge is 0.395 e. The van der Waals surface area contributed by atoms with Crippen LogP contribution in [0.1, 0.15) is 0 Å². The zero-order chi connectivity index (χ0) is 15.7. The number of amides is 2. The predicted octanol–water partition coefficient (Wildman–Crippen LogP) is 0.185. The molecule has 2 heterocycles. The molecule has 112 valence electrons. The van der Waals surface area contributed by atoms with Crippen LogP contribution in [0.25, 0.3) is 10.9 Å². The number of β-amino-alcohol motifs (C(OH)–C–C–N with tert-alkyl or cyclic N) is 1. The predicted molar refractivity (Wildman–Crippen MR) is 80.1 cm³/mol.